The smallest absolute Gasteiger partial charge is 0.320 e. The lowest BCUT2D eigenvalue weighted by Gasteiger charge is -2.20. The van der Waals surface area contributed by atoms with Crippen molar-refractivity contribution in [3.05, 3.63) is 17.7 Å². The van der Waals surface area contributed by atoms with Crippen molar-refractivity contribution in [1.82, 2.24) is 5.32 Å². The normalized spacial score (nSPS) is 14.0. The molecule has 1 rings (SSSR count). The first kappa shape index (κ1) is 15.1. The van der Waals surface area contributed by atoms with Gasteiger partial charge in [-0.15, -0.1) is 0 Å². The molecule has 0 saturated carbocycles. The first-order valence-electron chi connectivity index (χ1n) is 6.06. The highest BCUT2D eigenvalue weighted by Gasteiger charge is 2.23. The third-order valence-corrected chi connectivity index (χ3v) is 3.17. The third kappa shape index (κ3) is 3.75. The molecule has 6 nitrogen and oxygen atoms in total. The topological polar surface area (TPSA) is 110 Å². The number of hydrogen-bond donors (Lipinski definition) is 5. The van der Waals surface area contributed by atoms with E-state index in [-0.39, 0.29) is 35.3 Å². The molecule has 0 amide bonds. The average molecular weight is 269 g/mol. The van der Waals surface area contributed by atoms with E-state index in [9.17, 15) is 20.1 Å². The van der Waals surface area contributed by atoms with Crippen LogP contribution >= 0.6 is 0 Å². The molecule has 2 atom stereocenters. The zero-order valence-electron chi connectivity index (χ0n) is 10.9. The van der Waals surface area contributed by atoms with E-state index in [0.717, 1.165) is 12.1 Å². The lowest BCUT2D eigenvalue weighted by atomic mass is 9.99. The summed E-state index contributed by atoms with van der Waals surface area (Å²) in [6.07, 6.45) is 0.692. The third-order valence-electron chi connectivity index (χ3n) is 3.17. The Bertz CT molecular complexity index is 437. The second-order valence-corrected chi connectivity index (χ2v) is 4.54. The highest BCUT2D eigenvalue weighted by Crippen LogP contribution is 2.31. The summed E-state index contributed by atoms with van der Waals surface area (Å²) in [6, 6.07) is 1.42. The predicted octanol–water partition coefficient (Wildman–Crippen LogP) is 1.39. The Balaban J connectivity index is 2.83. The van der Waals surface area contributed by atoms with Crippen LogP contribution in [0.3, 0.4) is 0 Å². The minimum absolute atomic E-state index is 0.000741. The summed E-state index contributed by atoms with van der Waals surface area (Å²) in [5.41, 5.74) is 0.160. The molecule has 0 bridgehead atoms. The largest absolute Gasteiger partial charge is 0.508 e. The van der Waals surface area contributed by atoms with Crippen molar-refractivity contribution in [2.24, 2.45) is 5.92 Å². The summed E-state index contributed by atoms with van der Waals surface area (Å²) in [7, 11) is 0. The molecule has 0 aliphatic rings. The SMILES string of the molecule is CCC(C)[C@H](NCc1c(O)cc(O)cc1O)C(=O)O. The Hall–Kier alpha value is -1.95. The molecule has 106 valence electrons. The fraction of sp³-hybridized carbons (Fsp3) is 0.462. The van der Waals surface area contributed by atoms with Crippen LogP contribution in [0.25, 0.3) is 0 Å². The van der Waals surface area contributed by atoms with Crippen LogP contribution in [0.15, 0.2) is 12.1 Å². The van der Waals surface area contributed by atoms with E-state index >= 15 is 0 Å². The number of carboxylic acid groups (broad SMARTS) is 1. The Labute approximate surface area is 111 Å². The standard InChI is InChI=1S/C13H19NO5/c1-3-7(2)12(13(18)19)14-6-9-10(16)4-8(15)5-11(9)17/h4-5,7,12,14-17H,3,6H2,1-2H3,(H,18,19)/t7?,12-/m0/s1. The Morgan fingerprint density at radius 2 is 1.79 bits per heavy atom. The van der Waals surface area contributed by atoms with Gasteiger partial charge < -0.3 is 20.4 Å². The van der Waals surface area contributed by atoms with Gasteiger partial charge in [-0.25, -0.2) is 0 Å². The molecule has 1 unspecified atom stereocenters. The molecule has 1 aromatic carbocycles. The van der Waals surface area contributed by atoms with Crippen LogP contribution in [-0.4, -0.2) is 32.4 Å². The number of benzene rings is 1. The van der Waals surface area contributed by atoms with Crippen LogP contribution in [0.4, 0.5) is 0 Å². The van der Waals surface area contributed by atoms with Crippen LogP contribution in [-0.2, 0) is 11.3 Å². The van der Waals surface area contributed by atoms with Gasteiger partial charge in [0.25, 0.3) is 0 Å². The van der Waals surface area contributed by atoms with Gasteiger partial charge in [-0.2, -0.15) is 0 Å². The van der Waals surface area contributed by atoms with E-state index in [2.05, 4.69) is 5.32 Å². The van der Waals surface area contributed by atoms with Crippen LogP contribution in [0, 0.1) is 5.92 Å². The molecule has 6 heteroatoms. The van der Waals surface area contributed by atoms with Crippen molar-refractivity contribution in [3.8, 4) is 17.2 Å². The Morgan fingerprint density at radius 1 is 1.26 bits per heavy atom. The van der Waals surface area contributed by atoms with E-state index in [1.165, 1.54) is 0 Å². The number of carboxylic acids is 1. The summed E-state index contributed by atoms with van der Waals surface area (Å²) >= 11 is 0. The van der Waals surface area contributed by atoms with Crippen molar-refractivity contribution in [2.45, 2.75) is 32.9 Å². The first-order chi connectivity index (χ1) is 8.86. The van der Waals surface area contributed by atoms with Crippen molar-refractivity contribution in [2.75, 3.05) is 0 Å². The van der Waals surface area contributed by atoms with Crippen LogP contribution in [0.1, 0.15) is 25.8 Å². The number of rotatable bonds is 6. The van der Waals surface area contributed by atoms with Crippen molar-refractivity contribution in [1.29, 1.82) is 0 Å². The highest BCUT2D eigenvalue weighted by molar-refractivity contribution is 5.73. The zero-order valence-corrected chi connectivity index (χ0v) is 10.9. The number of nitrogens with one attached hydrogen (secondary N) is 1. The van der Waals surface area contributed by atoms with Gasteiger partial charge in [-0.05, 0) is 5.92 Å². The predicted molar refractivity (Wildman–Crippen MR) is 69.2 cm³/mol. The van der Waals surface area contributed by atoms with Crippen LogP contribution < -0.4 is 5.32 Å². The number of aromatic hydroxyl groups is 3. The maximum atomic E-state index is 11.1. The van der Waals surface area contributed by atoms with Crippen LogP contribution in [0.5, 0.6) is 17.2 Å². The molecule has 0 radical (unpaired) electrons. The summed E-state index contributed by atoms with van der Waals surface area (Å²) in [4.78, 5) is 11.1. The van der Waals surface area contributed by atoms with Gasteiger partial charge in [0.2, 0.25) is 0 Å². The molecule has 0 fully saturated rings. The van der Waals surface area contributed by atoms with Gasteiger partial charge in [-0.3, -0.25) is 10.1 Å². The van der Waals surface area contributed by atoms with Gasteiger partial charge >= 0.3 is 5.97 Å². The highest BCUT2D eigenvalue weighted by atomic mass is 16.4. The molecular formula is C13H19NO5. The molecule has 19 heavy (non-hydrogen) atoms. The Morgan fingerprint density at radius 3 is 2.21 bits per heavy atom. The lowest BCUT2D eigenvalue weighted by Crippen LogP contribution is -2.41. The molecule has 0 saturated heterocycles. The van der Waals surface area contributed by atoms with E-state index in [4.69, 9.17) is 5.11 Å². The average Bonchev–Trinajstić information content (AvgIpc) is 2.31. The van der Waals surface area contributed by atoms with Gasteiger partial charge in [0, 0.05) is 24.2 Å². The van der Waals surface area contributed by atoms with E-state index in [1.807, 2.05) is 13.8 Å². The maximum Gasteiger partial charge on any atom is 0.320 e. The van der Waals surface area contributed by atoms with E-state index in [0.29, 0.717) is 6.42 Å². The summed E-state index contributed by atoms with van der Waals surface area (Å²) in [6.45, 7) is 3.69. The minimum Gasteiger partial charge on any atom is -0.508 e. The van der Waals surface area contributed by atoms with Gasteiger partial charge in [0.15, 0.2) is 0 Å². The Kier molecular flexibility index (Phi) is 5.00. The number of phenols is 3. The monoisotopic (exact) mass is 269 g/mol. The van der Waals surface area contributed by atoms with Gasteiger partial charge in [0.05, 0.1) is 0 Å². The zero-order chi connectivity index (χ0) is 14.6. The second-order valence-electron chi connectivity index (χ2n) is 4.54. The molecule has 0 aliphatic heterocycles. The van der Waals surface area contributed by atoms with Crippen LogP contribution in [0.2, 0.25) is 0 Å². The second kappa shape index (κ2) is 6.29. The van der Waals surface area contributed by atoms with Crippen molar-refractivity contribution >= 4 is 5.97 Å². The fourth-order valence-corrected chi connectivity index (χ4v) is 1.79. The molecule has 0 heterocycles. The number of carbonyl (C=O) groups is 1. The molecule has 0 aliphatic carbocycles. The minimum atomic E-state index is -0.980. The number of hydrogen-bond acceptors (Lipinski definition) is 5. The molecular weight excluding hydrogens is 250 g/mol. The van der Waals surface area contributed by atoms with Gasteiger partial charge in [0.1, 0.15) is 23.3 Å². The van der Waals surface area contributed by atoms with Crippen molar-refractivity contribution in [3.63, 3.8) is 0 Å². The molecule has 5 N–H and O–H groups in total. The van der Waals surface area contributed by atoms with E-state index in [1.54, 1.807) is 0 Å². The summed E-state index contributed by atoms with van der Waals surface area (Å²) in [5.74, 6) is -1.88. The quantitative estimate of drug-likeness (QED) is 0.534. The molecule has 1 aromatic rings. The first-order valence-corrected chi connectivity index (χ1v) is 6.06. The number of phenolic OH excluding ortho intramolecular Hbond substituents is 3. The van der Waals surface area contributed by atoms with E-state index < -0.39 is 12.0 Å². The summed E-state index contributed by atoms with van der Waals surface area (Å²) < 4.78 is 0. The molecule has 0 aromatic heterocycles. The maximum absolute atomic E-state index is 11.1. The molecule has 0 spiro atoms. The van der Waals surface area contributed by atoms with Gasteiger partial charge in [-0.1, -0.05) is 20.3 Å². The summed E-state index contributed by atoms with van der Waals surface area (Å²) in [5, 5.41) is 40.3. The number of aliphatic carboxylic acids is 1. The lowest BCUT2D eigenvalue weighted by molar-refractivity contribution is -0.140. The van der Waals surface area contributed by atoms with Crippen molar-refractivity contribution < 1.29 is 25.2 Å². The fourth-order valence-electron chi connectivity index (χ4n) is 1.79.